The van der Waals surface area contributed by atoms with E-state index in [1.54, 1.807) is 18.2 Å². The zero-order chi connectivity index (χ0) is 18.8. The lowest BCUT2D eigenvalue weighted by Gasteiger charge is -2.13. The van der Waals surface area contributed by atoms with E-state index in [2.05, 4.69) is 6.92 Å². The summed E-state index contributed by atoms with van der Waals surface area (Å²) in [6.45, 7) is 5.27. The van der Waals surface area contributed by atoms with E-state index in [-0.39, 0.29) is 0 Å². The van der Waals surface area contributed by atoms with Crippen LogP contribution in [0.4, 0.5) is 0 Å². The van der Waals surface area contributed by atoms with Gasteiger partial charge in [0.05, 0.1) is 6.61 Å². The molecule has 5 nitrogen and oxygen atoms in total. The monoisotopic (exact) mass is 356 g/mol. The molecule has 0 unspecified atom stereocenters. The van der Waals surface area contributed by atoms with Crippen molar-refractivity contribution >= 4 is 12.0 Å². The molecular weight excluding hydrogens is 332 g/mol. The Kier molecular flexibility index (Phi) is 7.55. The first kappa shape index (κ1) is 19.4. The molecule has 0 aromatic heterocycles. The van der Waals surface area contributed by atoms with Crippen molar-refractivity contribution < 1.29 is 24.1 Å². The predicted molar refractivity (Wildman–Crippen MR) is 101 cm³/mol. The Hall–Kier alpha value is -2.95. The van der Waals surface area contributed by atoms with Crippen LogP contribution >= 0.6 is 0 Å². The first-order chi connectivity index (χ1) is 12.6. The smallest absolute Gasteiger partial charge is 0.328 e. The van der Waals surface area contributed by atoms with Crippen LogP contribution in [0.15, 0.2) is 48.5 Å². The highest BCUT2D eigenvalue weighted by Crippen LogP contribution is 2.29. The molecule has 0 bridgehead atoms. The minimum Gasteiger partial charge on any atom is -0.490 e. The fraction of sp³-hybridized carbons (Fsp3) is 0.286. The Morgan fingerprint density at radius 1 is 0.962 bits per heavy atom. The van der Waals surface area contributed by atoms with Gasteiger partial charge in [-0.2, -0.15) is 0 Å². The van der Waals surface area contributed by atoms with Gasteiger partial charge in [-0.1, -0.05) is 25.1 Å². The molecule has 0 spiro atoms. The predicted octanol–water partition coefficient (Wildman–Crippen LogP) is 4.20. The third kappa shape index (κ3) is 6.16. The standard InChI is InChI=1S/C21H24O5/c1-3-16-5-9-18(10-6-16)25-13-14-26-19-11-7-17(8-12-21(22)23)15-20(19)24-4-2/h5-12,15H,3-4,13-14H2,1-2H3,(H,22,23). The number of carboxylic acid groups (broad SMARTS) is 1. The molecule has 5 heteroatoms. The summed E-state index contributed by atoms with van der Waals surface area (Å²) in [5, 5.41) is 8.71. The van der Waals surface area contributed by atoms with Crippen molar-refractivity contribution in [1.82, 2.24) is 0 Å². The van der Waals surface area contributed by atoms with Gasteiger partial charge < -0.3 is 19.3 Å². The molecule has 26 heavy (non-hydrogen) atoms. The highest BCUT2D eigenvalue weighted by molar-refractivity contribution is 5.85. The number of carbonyl (C=O) groups is 1. The van der Waals surface area contributed by atoms with Crippen LogP contribution in [0.3, 0.4) is 0 Å². The van der Waals surface area contributed by atoms with Crippen LogP contribution in [-0.4, -0.2) is 30.9 Å². The minimum atomic E-state index is -0.993. The zero-order valence-electron chi connectivity index (χ0n) is 15.1. The molecule has 1 N–H and O–H groups in total. The van der Waals surface area contributed by atoms with E-state index in [1.807, 2.05) is 31.2 Å². The zero-order valence-corrected chi connectivity index (χ0v) is 15.1. The molecule has 2 aromatic carbocycles. The Bertz CT molecular complexity index is 735. The maximum atomic E-state index is 10.6. The second-order valence-corrected chi connectivity index (χ2v) is 5.51. The second kappa shape index (κ2) is 10.1. The molecule has 0 amide bonds. The SMILES string of the molecule is CCOc1cc(C=CC(=O)O)ccc1OCCOc1ccc(CC)cc1. The van der Waals surface area contributed by atoms with Crippen molar-refractivity contribution in [2.75, 3.05) is 19.8 Å². The van der Waals surface area contributed by atoms with Gasteiger partial charge in [-0.3, -0.25) is 0 Å². The van der Waals surface area contributed by atoms with Crippen LogP contribution in [0.5, 0.6) is 17.2 Å². The molecule has 0 saturated heterocycles. The van der Waals surface area contributed by atoms with Crippen molar-refractivity contribution in [1.29, 1.82) is 0 Å². The number of aliphatic carboxylic acids is 1. The molecule has 0 aliphatic heterocycles. The number of ether oxygens (including phenoxy) is 3. The van der Waals surface area contributed by atoms with Crippen LogP contribution in [0.1, 0.15) is 25.0 Å². The molecule has 0 aliphatic carbocycles. The van der Waals surface area contributed by atoms with E-state index < -0.39 is 5.97 Å². The number of aryl methyl sites for hydroxylation is 1. The van der Waals surface area contributed by atoms with Gasteiger partial charge in [0.1, 0.15) is 19.0 Å². The first-order valence-electron chi connectivity index (χ1n) is 8.64. The Labute approximate surface area is 153 Å². The highest BCUT2D eigenvalue weighted by Gasteiger charge is 2.06. The number of hydrogen-bond donors (Lipinski definition) is 1. The van der Waals surface area contributed by atoms with E-state index in [0.717, 1.165) is 23.8 Å². The largest absolute Gasteiger partial charge is 0.490 e. The van der Waals surface area contributed by atoms with Gasteiger partial charge in [0.15, 0.2) is 11.5 Å². The van der Waals surface area contributed by atoms with Gasteiger partial charge in [-0.25, -0.2) is 4.79 Å². The van der Waals surface area contributed by atoms with Gasteiger partial charge in [-0.15, -0.1) is 0 Å². The van der Waals surface area contributed by atoms with E-state index in [9.17, 15) is 4.79 Å². The molecule has 0 atom stereocenters. The average Bonchev–Trinajstić information content (AvgIpc) is 2.65. The number of rotatable bonds is 10. The fourth-order valence-electron chi connectivity index (χ4n) is 2.32. The van der Waals surface area contributed by atoms with Gasteiger partial charge in [0, 0.05) is 6.08 Å². The molecule has 2 aromatic rings. The van der Waals surface area contributed by atoms with Gasteiger partial charge >= 0.3 is 5.97 Å². The highest BCUT2D eigenvalue weighted by atomic mass is 16.5. The summed E-state index contributed by atoms with van der Waals surface area (Å²) < 4.78 is 17.0. The third-order valence-corrected chi connectivity index (χ3v) is 3.63. The van der Waals surface area contributed by atoms with E-state index >= 15 is 0 Å². The summed E-state index contributed by atoms with van der Waals surface area (Å²) >= 11 is 0. The quantitative estimate of drug-likeness (QED) is 0.510. The lowest BCUT2D eigenvalue weighted by atomic mass is 10.2. The van der Waals surface area contributed by atoms with E-state index in [0.29, 0.717) is 31.3 Å². The first-order valence-corrected chi connectivity index (χ1v) is 8.64. The summed E-state index contributed by atoms with van der Waals surface area (Å²) in [6, 6.07) is 13.3. The topological polar surface area (TPSA) is 65.0 Å². The lowest BCUT2D eigenvalue weighted by molar-refractivity contribution is -0.131. The van der Waals surface area contributed by atoms with Gasteiger partial charge in [-0.05, 0) is 54.8 Å². The number of benzene rings is 2. The molecule has 138 valence electrons. The van der Waals surface area contributed by atoms with Crippen LogP contribution < -0.4 is 14.2 Å². The molecule has 0 fully saturated rings. The second-order valence-electron chi connectivity index (χ2n) is 5.51. The van der Waals surface area contributed by atoms with Crippen molar-refractivity contribution in [3.8, 4) is 17.2 Å². The van der Waals surface area contributed by atoms with Crippen molar-refractivity contribution in [3.63, 3.8) is 0 Å². The average molecular weight is 356 g/mol. The van der Waals surface area contributed by atoms with E-state index in [1.165, 1.54) is 11.6 Å². The van der Waals surface area contributed by atoms with E-state index in [4.69, 9.17) is 19.3 Å². The molecule has 0 aliphatic rings. The van der Waals surface area contributed by atoms with Crippen LogP contribution in [0.25, 0.3) is 6.08 Å². The van der Waals surface area contributed by atoms with Crippen LogP contribution in [0, 0.1) is 0 Å². The Morgan fingerprint density at radius 2 is 1.69 bits per heavy atom. The molecule has 0 radical (unpaired) electrons. The minimum absolute atomic E-state index is 0.375. The van der Waals surface area contributed by atoms with Gasteiger partial charge in [0.25, 0.3) is 0 Å². The maximum Gasteiger partial charge on any atom is 0.328 e. The summed E-state index contributed by atoms with van der Waals surface area (Å²) in [4.78, 5) is 10.6. The van der Waals surface area contributed by atoms with Gasteiger partial charge in [0.2, 0.25) is 0 Å². The summed E-state index contributed by atoms with van der Waals surface area (Å²) in [5.74, 6) is 0.994. The number of carboxylic acids is 1. The number of hydrogen-bond acceptors (Lipinski definition) is 4. The summed E-state index contributed by atoms with van der Waals surface area (Å²) in [6.07, 6.45) is 3.60. The maximum absolute atomic E-state index is 10.6. The third-order valence-electron chi connectivity index (χ3n) is 3.63. The molecule has 0 heterocycles. The Morgan fingerprint density at radius 3 is 2.35 bits per heavy atom. The van der Waals surface area contributed by atoms with Crippen LogP contribution in [0.2, 0.25) is 0 Å². The molecule has 0 saturated carbocycles. The lowest BCUT2D eigenvalue weighted by Crippen LogP contribution is -2.10. The normalized spacial score (nSPS) is 10.7. The van der Waals surface area contributed by atoms with Crippen molar-refractivity contribution in [3.05, 3.63) is 59.7 Å². The molecule has 2 rings (SSSR count). The fourth-order valence-corrected chi connectivity index (χ4v) is 2.32. The summed E-state index contributed by atoms with van der Waals surface area (Å²) in [7, 11) is 0. The Balaban J connectivity index is 1.91. The molecular formula is C21H24O5. The summed E-state index contributed by atoms with van der Waals surface area (Å²) in [5.41, 5.74) is 2.00. The van der Waals surface area contributed by atoms with Crippen molar-refractivity contribution in [2.24, 2.45) is 0 Å². The van der Waals surface area contributed by atoms with Crippen LogP contribution in [-0.2, 0) is 11.2 Å². The van der Waals surface area contributed by atoms with Crippen molar-refractivity contribution in [2.45, 2.75) is 20.3 Å².